The lowest BCUT2D eigenvalue weighted by atomic mass is 10.1. The van der Waals surface area contributed by atoms with Crippen molar-refractivity contribution < 1.29 is 9.53 Å². The summed E-state index contributed by atoms with van der Waals surface area (Å²) in [6, 6.07) is 14.0. The maximum atomic E-state index is 12.8. The molecule has 132 valence electrons. The first-order valence-electron chi connectivity index (χ1n) is 8.83. The molecule has 1 saturated heterocycles. The first-order valence-corrected chi connectivity index (χ1v) is 8.83. The maximum absolute atomic E-state index is 12.8. The van der Waals surface area contributed by atoms with Crippen LogP contribution in [0.15, 0.2) is 42.5 Å². The van der Waals surface area contributed by atoms with E-state index in [0.717, 1.165) is 24.4 Å². The number of hydrogen-bond donors (Lipinski definition) is 0. The molecule has 0 bridgehead atoms. The number of para-hydroxylation sites is 1. The first-order chi connectivity index (χ1) is 12.1. The zero-order chi connectivity index (χ0) is 17.8. The number of aryl methyl sites for hydroxylation is 1. The van der Waals surface area contributed by atoms with E-state index in [2.05, 4.69) is 23.1 Å². The Morgan fingerprint density at radius 2 is 1.88 bits per heavy atom. The van der Waals surface area contributed by atoms with Crippen molar-refractivity contribution in [1.82, 2.24) is 4.90 Å². The van der Waals surface area contributed by atoms with Gasteiger partial charge in [-0.15, -0.1) is 0 Å². The van der Waals surface area contributed by atoms with Crippen molar-refractivity contribution in [3.8, 4) is 5.75 Å². The summed E-state index contributed by atoms with van der Waals surface area (Å²) in [4.78, 5) is 17.0. The lowest BCUT2D eigenvalue weighted by molar-refractivity contribution is 0.0785. The van der Waals surface area contributed by atoms with Gasteiger partial charge in [0.15, 0.2) is 0 Å². The molecule has 25 heavy (non-hydrogen) atoms. The van der Waals surface area contributed by atoms with E-state index in [-0.39, 0.29) is 5.91 Å². The molecular weight excluding hydrogens is 312 g/mol. The van der Waals surface area contributed by atoms with Crippen molar-refractivity contribution in [1.29, 1.82) is 0 Å². The second-order valence-electron chi connectivity index (χ2n) is 6.67. The Morgan fingerprint density at radius 3 is 2.60 bits per heavy atom. The Balaban J connectivity index is 1.78. The lowest BCUT2D eigenvalue weighted by Crippen LogP contribution is -2.28. The molecule has 0 saturated carbocycles. The highest BCUT2D eigenvalue weighted by atomic mass is 16.5. The summed E-state index contributed by atoms with van der Waals surface area (Å²) in [5.41, 5.74) is 4.13. The number of carbonyl (C=O) groups is 1. The van der Waals surface area contributed by atoms with E-state index < -0.39 is 0 Å². The number of rotatable bonds is 5. The largest absolute Gasteiger partial charge is 0.496 e. The number of benzene rings is 2. The standard InChI is InChI=1S/C21H26N2O2/c1-16-10-11-17(14-20(16)25-3)21(24)22(2)15-18-8-4-5-9-19(18)23-12-6-7-13-23/h4-5,8-11,14H,6-7,12-13,15H2,1-3H3. The van der Waals surface area contributed by atoms with Gasteiger partial charge < -0.3 is 14.5 Å². The lowest BCUT2D eigenvalue weighted by Gasteiger charge is -2.24. The van der Waals surface area contributed by atoms with Crippen molar-refractivity contribution in [3.63, 3.8) is 0 Å². The number of nitrogens with zero attached hydrogens (tertiary/aromatic N) is 2. The summed E-state index contributed by atoms with van der Waals surface area (Å²) < 4.78 is 5.34. The first kappa shape index (κ1) is 17.3. The Labute approximate surface area is 150 Å². The zero-order valence-electron chi connectivity index (χ0n) is 15.3. The Bertz CT molecular complexity index is 751. The summed E-state index contributed by atoms with van der Waals surface area (Å²) in [5, 5.41) is 0. The highest BCUT2D eigenvalue weighted by Crippen LogP contribution is 2.26. The van der Waals surface area contributed by atoms with Crippen LogP contribution in [-0.2, 0) is 6.54 Å². The molecule has 0 aromatic heterocycles. The molecule has 0 aliphatic carbocycles. The smallest absolute Gasteiger partial charge is 0.254 e. The number of amides is 1. The van der Waals surface area contributed by atoms with Gasteiger partial charge in [0, 0.05) is 37.9 Å². The molecule has 1 amide bonds. The molecule has 0 spiro atoms. The second kappa shape index (κ2) is 7.60. The molecule has 3 rings (SSSR count). The highest BCUT2D eigenvalue weighted by Gasteiger charge is 2.18. The van der Waals surface area contributed by atoms with E-state index >= 15 is 0 Å². The molecule has 1 aliphatic heterocycles. The predicted octanol–water partition coefficient (Wildman–Crippen LogP) is 3.88. The van der Waals surface area contributed by atoms with Crippen LogP contribution in [-0.4, -0.2) is 38.1 Å². The van der Waals surface area contributed by atoms with E-state index in [4.69, 9.17) is 4.74 Å². The van der Waals surface area contributed by atoms with Crippen LogP contribution < -0.4 is 9.64 Å². The summed E-state index contributed by atoms with van der Waals surface area (Å²) >= 11 is 0. The van der Waals surface area contributed by atoms with E-state index in [1.54, 1.807) is 12.0 Å². The predicted molar refractivity (Wildman–Crippen MR) is 101 cm³/mol. The molecule has 4 heteroatoms. The number of ether oxygens (including phenoxy) is 1. The molecule has 0 N–H and O–H groups in total. The van der Waals surface area contributed by atoms with Crippen LogP contribution in [0.5, 0.6) is 5.75 Å². The van der Waals surface area contributed by atoms with E-state index in [0.29, 0.717) is 12.1 Å². The van der Waals surface area contributed by atoms with Crippen molar-refractivity contribution in [2.45, 2.75) is 26.3 Å². The number of hydrogen-bond acceptors (Lipinski definition) is 3. The van der Waals surface area contributed by atoms with Crippen molar-refractivity contribution in [3.05, 3.63) is 59.2 Å². The summed E-state index contributed by atoms with van der Waals surface area (Å²) in [6.07, 6.45) is 2.48. The van der Waals surface area contributed by atoms with Gasteiger partial charge >= 0.3 is 0 Å². The number of carbonyl (C=O) groups excluding carboxylic acids is 1. The van der Waals surface area contributed by atoms with Crippen LogP contribution in [0.1, 0.15) is 34.3 Å². The normalized spacial score (nSPS) is 13.8. The van der Waals surface area contributed by atoms with Crippen LogP contribution >= 0.6 is 0 Å². The summed E-state index contributed by atoms with van der Waals surface area (Å²) in [6.45, 7) is 4.78. The molecule has 1 aliphatic rings. The number of methoxy groups -OCH3 is 1. The molecule has 1 heterocycles. The van der Waals surface area contributed by atoms with Crippen molar-refractivity contribution in [2.24, 2.45) is 0 Å². The van der Waals surface area contributed by atoms with Crippen LogP contribution in [0, 0.1) is 6.92 Å². The second-order valence-corrected chi connectivity index (χ2v) is 6.67. The molecular formula is C21H26N2O2. The minimum absolute atomic E-state index is 0.00882. The minimum atomic E-state index is 0.00882. The molecule has 4 nitrogen and oxygen atoms in total. The molecule has 0 unspecified atom stereocenters. The third-order valence-electron chi connectivity index (χ3n) is 4.85. The molecule has 2 aromatic rings. The average molecular weight is 338 g/mol. The van der Waals surface area contributed by atoms with Gasteiger partial charge in [-0.3, -0.25) is 4.79 Å². The SMILES string of the molecule is COc1cc(C(=O)N(C)Cc2ccccc2N2CCCC2)ccc1C. The van der Waals surface area contributed by atoms with Gasteiger partial charge in [0.05, 0.1) is 7.11 Å². The van der Waals surface area contributed by atoms with Crippen LogP contribution in [0.4, 0.5) is 5.69 Å². The van der Waals surface area contributed by atoms with Gasteiger partial charge in [0.1, 0.15) is 5.75 Å². The Morgan fingerprint density at radius 1 is 1.16 bits per heavy atom. The molecule has 2 aromatic carbocycles. The third kappa shape index (κ3) is 3.78. The van der Waals surface area contributed by atoms with Crippen molar-refractivity contribution in [2.75, 3.05) is 32.1 Å². The van der Waals surface area contributed by atoms with E-state index in [1.165, 1.54) is 24.1 Å². The van der Waals surface area contributed by atoms with Crippen molar-refractivity contribution >= 4 is 11.6 Å². The van der Waals surface area contributed by atoms with Gasteiger partial charge in [0.25, 0.3) is 5.91 Å². The number of anilines is 1. The van der Waals surface area contributed by atoms with E-state index in [9.17, 15) is 4.79 Å². The van der Waals surface area contributed by atoms with Gasteiger partial charge in [0.2, 0.25) is 0 Å². The third-order valence-corrected chi connectivity index (χ3v) is 4.85. The maximum Gasteiger partial charge on any atom is 0.254 e. The summed E-state index contributed by atoms with van der Waals surface area (Å²) in [7, 11) is 3.49. The van der Waals surface area contributed by atoms with Crippen LogP contribution in [0.3, 0.4) is 0 Å². The highest BCUT2D eigenvalue weighted by molar-refractivity contribution is 5.94. The Hall–Kier alpha value is -2.49. The van der Waals surface area contributed by atoms with Gasteiger partial charge in [-0.1, -0.05) is 24.3 Å². The molecule has 0 atom stereocenters. The fraction of sp³-hybridized carbons (Fsp3) is 0.381. The van der Waals surface area contributed by atoms with Gasteiger partial charge in [-0.05, 0) is 49.1 Å². The quantitative estimate of drug-likeness (QED) is 0.829. The fourth-order valence-electron chi connectivity index (χ4n) is 3.41. The average Bonchev–Trinajstić information content (AvgIpc) is 3.16. The molecule has 1 fully saturated rings. The van der Waals surface area contributed by atoms with Gasteiger partial charge in [-0.2, -0.15) is 0 Å². The summed E-state index contributed by atoms with van der Waals surface area (Å²) in [5.74, 6) is 0.756. The van der Waals surface area contributed by atoms with Crippen LogP contribution in [0.25, 0.3) is 0 Å². The van der Waals surface area contributed by atoms with Gasteiger partial charge in [-0.25, -0.2) is 0 Å². The zero-order valence-corrected chi connectivity index (χ0v) is 15.3. The monoisotopic (exact) mass is 338 g/mol. The minimum Gasteiger partial charge on any atom is -0.496 e. The fourth-order valence-corrected chi connectivity index (χ4v) is 3.41. The van der Waals surface area contributed by atoms with E-state index in [1.807, 2.05) is 38.2 Å². The topological polar surface area (TPSA) is 32.8 Å². The van der Waals surface area contributed by atoms with Crippen LogP contribution in [0.2, 0.25) is 0 Å². The Kier molecular flexibility index (Phi) is 5.27. The molecule has 0 radical (unpaired) electrons.